The molecule has 0 saturated heterocycles. The van der Waals surface area contributed by atoms with Gasteiger partial charge in [0.25, 0.3) is 0 Å². The number of hydrogen-bond acceptors (Lipinski definition) is 4. The number of aromatic nitrogens is 2. The summed E-state index contributed by atoms with van der Waals surface area (Å²) in [5.41, 5.74) is 0.740. The van der Waals surface area contributed by atoms with Gasteiger partial charge in [0, 0.05) is 18.9 Å². The third kappa shape index (κ3) is 4.54. The Labute approximate surface area is 104 Å². The Balaban J connectivity index is 2.50. The molecule has 0 unspecified atom stereocenters. The number of aryl methyl sites for hydroxylation is 1. The summed E-state index contributed by atoms with van der Waals surface area (Å²) in [5, 5.41) is 24.1. The van der Waals surface area contributed by atoms with Gasteiger partial charge in [-0.3, -0.25) is 9.59 Å². The molecule has 0 radical (unpaired) electrons. The molecule has 7 heteroatoms. The van der Waals surface area contributed by atoms with Gasteiger partial charge in [-0.1, -0.05) is 0 Å². The van der Waals surface area contributed by atoms with Crippen molar-refractivity contribution in [2.24, 2.45) is 0 Å². The molecule has 0 aliphatic carbocycles. The number of aliphatic carboxylic acids is 1. The van der Waals surface area contributed by atoms with Crippen molar-refractivity contribution in [3.8, 4) is 0 Å². The van der Waals surface area contributed by atoms with Crippen molar-refractivity contribution in [3.05, 3.63) is 11.8 Å². The number of hydrogen-bond donors (Lipinski definition) is 3. The van der Waals surface area contributed by atoms with Gasteiger partial charge in [0.1, 0.15) is 5.82 Å². The molecule has 0 bridgehead atoms. The standard InChI is InChI=1S/C11H17N3O4/c1-8-7-9(14(13-8)5-6-15)12-10(16)3-2-4-11(17)18/h7,15H,2-6H2,1H3,(H,12,16)(H,17,18). The number of nitrogens with one attached hydrogen (secondary N) is 1. The van der Waals surface area contributed by atoms with Crippen LogP contribution in [0, 0.1) is 6.92 Å². The average Bonchev–Trinajstić information content (AvgIpc) is 2.59. The maximum absolute atomic E-state index is 11.6. The molecule has 1 rings (SSSR count). The third-order valence-corrected chi connectivity index (χ3v) is 2.28. The van der Waals surface area contributed by atoms with E-state index < -0.39 is 5.97 Å². The fraction of sp³-hybridized carbons (Fsp3) is 0.545. The Kier molecular flexibility index (Phi) is 5.31. The number of amides is 1. The Morgan fingerprint density at radius 3 is 2.78 bits per heavy atom. The van der Waals surface area contributed by atoms with E-state index in [0.29, 0.717) is 18.8 Å². The maximum Gasteiger partial charge on any atom is 0.303 e. The predicted molar refractivity (Wildman–Crippen MR) is 64.2 cm³/mol. The molecule has 1 aromatic heterocycles. The second-order valence-electron chi connectivity index (χ2n) is 3.91. The van der Waals surface area contributed by atoms with E-state index in [1.165, 1.54) is 4.68 Å². The zero-order valence-corrected chi connectivity index (χ0v) is 10.2. The monoisotopic (exact) mass is 255 g/mol. The van der Waals surface area contributed by atoms with Crippen LogP contribution < -0.4 is 5.32 Å². The highest BCUT2D eigenvalue weighted by atomic mass is 16.4. The molecule has 7 nitrogen and oxygen atoms in total. The highest BCUT2D eigenvalue weighted by Gasteiger charge is 2.09. The summed E-state index contributed by atoms with van der Waals surface area (Å²) in [6, 6.07) is 1.70. The van der Waals surface area contributed by atoms with Crippen molar-refractivity contribution in [3.63, 3.8) is 0 Å². The molecule has 0 aliphatic heterocycles. The van der Waals surface area contributed by atoms with Crippen LogP contribution in [0.4, 0.5) is 5.82 Å². The van der Waals surface area contributed by atoms with Crippen molar-refractivity contribution < 1.29 is 19.8 Å². The number of nitrogens with zero attached hydrogens (tertiary/aromatic N) is 2. The molecule has 1 heterocycles. The Morgan fingerprint density at radius 1 is 1.44 bits per heavy atom. The van der Waals surface area contributed by atoms with Crippen LogP contribution >= 0.6 is 0 Å². The van der Waals surface area contributed by atoms with Crippen LogP contribution in [-0.4, -0.2) is 38.5 Å². The smallest absolute Gasteiger partial charge is 0.303 e. The zero-order chi connectivity index (χ0) is 13.5. The summed E-state index contributed by atoms with van der Waals surface area (Å²) in [6.07, 6.45) is 0.423. The van der Waals surface area contributed by atoms with Crippen molar-refractivity contribution in [1.29, 1.82) is 0 Å². The average molecular weight is 255 g/mol. The van der Waals surface area contributed by atoms with Gasteiger partial charge in [-0.25, -0.2) is 4.68 Å². The van der Waals surface area contributed by atoms with Gasteiger partial charge in [-0.2, -0.15) is 5.10 Å². The molecule has 0 spiro atoms. The third-order valence-electron chi connectivity index (χ3n) is 2.28. The van der Waals surface area contributed by atoms with Crippen LogP contribution in [0.5, 0.6) is 0 Å². The van der Waals surface area contributed by atoms with Gasteiger partial charge in [0.05, 0.1) is 18.8 Å². The van der Waals surface area contributed by atoms with Crippen LogP contribution in [0.25, 0.3) is 0 Å². The topological polar surface area (TPSA) is 104 Å². The molecule has 1 aromatic rings. The van der Waals surface area contributed by atoms with Crippen LogP contribution in [0.1, 0.15) is 25.0 Å². The van der Waals surface area contributed by atoms with Crippen molar-refractivity contribution in [1.82, 2.24) is 9.78 Å². The second-order valence-corrected chi connectivity index (χ2v) is 3.91. The summed E-state index contributed by atoms with van der Waals surface area (Å²) in [7, 11) is 0. The lowest BCUT2D eigenvalue weighted by Crippen LogP contribution is -2.16. The Morgan fingerprint density at radius 2 is 2.17 bits per heavy atom. The minimum Gasteiger partial charge on any atom is -0.481 e. The second kappa shape index (κ2) is 6.75. The predicted octanol–water partition coefficient (Wildman–Crippen LogP) is 0.377. The van der Waals surface area contributed by atoms with E-state index >= 15 is 0 Å². The van der Waals surface area contributed by atoms with Crippen LogP contribution in [0.2, 0.25) is 0 Å². The lowest BCUT2D eigenvalue weighted by atomic mass is 10.2. The fourth-order valence-corrected chi connectivity index (χ4v) is 1.52. The first-order chi connectivity index (χ1) is 8.52. The Bertz CT molecular complexity index is 428. The van der Waals surface area contributed by atoms with Gasteiger partial charge >= 0.3 is 5.97 Å². The molecule has 0 atom stereocenters. The molecule has 0 fully saturated rings. The van der Waals surface area contributed by atoms with E-state index in [2.05, 4.69) is 10.4 Å². The summed E-state index contributed by atoms with van der Waals surface area (Å²) >= 11 is 0. The number of aliphatic hydroxyl groups is 1. The quantitative estimate of drug-likeness (QED) is 0.653. The molecule has 0 aromatic carbocycles. The van der Waals surface area contributed by atoms with Crippen LogP contribution in [0.15, 0.2) is 6.07 Å². The zero-order valence-electron chi connectivity index (χ0n) is 10.2. The Hall–Kier alpha value is -1.89. The number of rotatable bonds is 7. The van der Waals surface area contributed by atoms with E-state index in [4.69, 9.17) is 10.2 Å². The molecule has 18 heavy (non-hydrogen) atoms. The lowest BCUT2D eigenvalue weighted by Gasteiger charge is -2.07. The number of carbonyl (C=O) groups excluding carboxylic acids is 1. The maximum atomic E-state index is 11.6. The van der Waals surface area contributed by atoms with E-state index in [9.17, 15) is 9.59 Å². The molecule has 0 saturated carbocycles. The van der Waals surface area contributed by atoms with Crippen LogP contribution in [-0.2, 0) is 16.1 Å². The van der Waals surface area contributed by atoms with Crippen molar-refractivity contribution in [2.45, 2.75) is 32.7 Å². The molecular weight excluding hydrogens is 238 g/mol. The van der Waals surface area contributed by atoms with Gasteiger partial charge in [-0.05, 0) is 13.3 Å². The minimum absolute atomic E-state index is 0.0254. The van der Waals surface area contributed by atoms with Crippen molar-refractivity contribution >= 4 is 17.7 Å². The normalized spacial score (nSPS) is 10.3. The lowest BCUT2D eigenvalue weighted by molar-refractivity contribution is -0.137. The largest absolute Gasteiger partial charge is 0.481 e. The number of carboxylic acids is 1. The van der Waals surface area contributed by atoms with Crippen LogP contribution in [0.3, 0.4) is 0 Å². The number of anilines is 1. The summed E-state index contributed by atoms with van der Waals surface area (Å²) < 4.78 is 1.50. The number of carboxylic acid groups (broad SMARTS) is 1. The molecular formula is C11H17N3O4. The summed E-state index contributed by atoms with van der Waals surface area (Å²) in [5.74, 6) is -0.652. The highest BCUT2D eigenvalue weighted by molar-refractivity contribution is 5.90. The van der Waals surface area contributed by atoms with E-state index in [-0.39, 0.29) is 25.4 Å². The number of aliphatic hydroxyl groups excluding tert-OH is 1. The summed E-state index contributed by atoms with van der Waals surface area (Å²) in [4.78, 5) is 21.9. The van der Waals surface area contributed by atoms with Gasteiger partial charge in [0.15, 0.2) is 0 Å². The van der Waals surface area contributed by atoms with Gasteiger partial charge in [-0.15, -0.1) is 0 Å². The van der Waals surface area contributed by atoms with E-state index in [0.717, 1.165) is 5.69 Å². The van der Waals surface area contributed by atoms with Crippen molar-refractivity contribution in [2.75, 3.05) is 11.9 Å². The molecule has 100 valence electrons. The first kappa shape index (κ1) is 14.2. The first-order valence-corrected chi connectivity index (χ1v) is 5.70. The highest BCUT2D eigenvalue weighted by Crippen LogP contribution is 2.10. The van der Waals surface area contributed by atoms with E-state index in [1.807, 2.05) is 0 Å². The molecule has 0 aliphatic rings. The first-order valence-electron chi connectivity index (χ1n) is 5.70. The molecule has 1 amide bonds. The fourth-order valence-electron chi connectivity index (χ4n) is 1.52. The SMILES string of the molecule is Cc1cc(NC(=O)CCCC(=O)O)n(CCO)n1. The van der Waals surface area contributed by atoms with Gasteiger partial charge < -0.3 is 15.5 Å². The molecule has 3 N–H and O–H groups in total. The van der Waals surface area contributed by atoms with E-state index in [1.54, 1.807) is 13.0 Å². The number of carbonyl (C=O) groups is 2. The minimum atomic E-state index is -0.913. The van der Waals surface area contributed by atoms with Gasteiger partial charge in [0.2, 0.25) is 5.91 Å². The summed E-state index contributed by atoms with van der Waals surface area (Å²) in [6.45, 7) is 2.02.